The number of hydrogen-bond acceptors (Lipinski definition) is 5. The Balaban J connectivity index is 1.69. The molecular formula is C12H12N4S2. The minimum absolute atomic E-state index is 0.981. The second-order valence-electron chi connectivity index (χ2n) is 4.53. The Labute approximate surface area is 113 Å². The van der Waals surface area contributed by atoms with Crippen molar-refractivity contribution in [2.45, 2.75) is 19.9 Å². The summed E-state index contributed by atoms with van der Waals surface area (Å²) in [5.74, 6) is 0. The third-order valence-electron chi connectivity index (χ3n) is 3.23. The van der Waals surface area contributed by atoms with E-state index in [1.54, 1.807) is 11.3 Å². The molecule has 0 fully saturated rings. The minimum atomic E-state index is 0.981. The van der Waals surface area contributed by atoms with E-state index in [4.69, 9.17) is 0 Å². The van der Waals surface area contributed by atoms with Gasteiger partial charge in [-0.1, -0.05) is 11.3 Å². The predicted octanol–water partition coefficient (Wildman–Crippen LogP) is 2.72. The highest BCUT2D eigenvalue weighted by molar-refractivity contribution is 7.20. The largest absolute Gasteiger partial charge is 0.342 e. The fourth-order valence-corrected chi connectivity index (χ4v) is 4.18. The van der Waals surface area contributed by atoms with Crippen LogP contribution in [0.1, 0.15) is 16.1 Å². The molecule has 0 saturated heterocycles. The molecule has 18 heavy (non-hydrogen) atoms. The lowest BCUT2D eigenvalue weighted by Gasteiger charge is -2.25. The van der Waals surface area contributed by atoms with E-state index in [1.165, 1.54) is 10.4 Å². The molecule has 1 aliphatic heterocycles. The van der Waals surface area contributed by atoms with Gasteiger partial charge < -0.3 is 4.90 Å². The number of aryl methyl sites for hydroxylation is 1. The molecule has 1 aliphatic rings. The molecule has 0 saturated carbocycles. The molecule has 3 aromatic heterocycles. The van der Waals surface area contributed by atoms with Crippen LogP contribution in [0.4, 0.5) is 5.13 Å². The van der Waals surface area contributed by atoms with Gasteiger partial charge in [0, 0.05) is 18.0 Å². The summed E-state index contributed by atoms with van der Waals surface area (Å²) in [6.45, 7) is 4.04. The zero-order chi connectivity index (χ0) is 12.1. The lowest BCUT2D eigenvalue weighted by atomic mass is 10.1. The summed E-state index contributed by atoms with van der Waals surface area (Å²) < 4.78 is 1.89. The van der Waals surface area contributed by atoms with Gasteiger partial charge >= 0.3 is 0 Å². The van der Waals surface area contributed by atoms with Crippen LogP contribution in [0.5, 0.6) is 0 Å². The minimum Gasteiger partial charge on any atom is -0.342 e. The third kappa shape index (κ3) is 1.56. The average Bonchev–Trinajstić information content (AvgIpc) is 3.00. The maximum atomic E-state index is 4.62. The van der Waals surface area contributed by atoms with E-state index >= 15 is 0 Å². The summed E-state index contributed by atoms with van der Waals surface area (Å²) in [6.07, 6.45) is 3.11. The number of rotatable bonds is 1. The van der Waals surface area contributed by atoms with Crippen LogP contribution in [0.25, 0.3) is 4.96 Å². The molecule has 0 atom stereocenters. The maximum absolute atomic E-state index is 4.62. The molecule has 0 radical (unpaired) electrons. The Morgan fingerprint density at radius 2 is 2.33 bits per heavy atom. The molecule has 0 aromatic carbocycles. The van der Waals surface area contributed by atoms with Gasteiger partial charge in [0.15, 0.2) is 0 Å². The first-order valence-corrected chi connectivity index (χ1v) is 7.62. The highest BCUT2D eigenvalue weighted by Gasteiger charge is 2.20. The summed E-state index contributed by atoms with van der Waals surface area (Å²) in [5, 5.41) is 7.88. The van der Waals surface area contributed by atoms with E-state index in [-0.39, 0.29) is 0 Å². The number of anilines is 1. The SMILES string of the molecule is Cc1cn2nc(N3CCc4sccc4C3)sc2n1. The summed E-state index contributed by atoms with van der Waals surface area (Å²) in [7, 11) is 0. The number of nitrogens with zero attached hydrogens (tertiary/aromatic N) is 4. The number of aromatic nitrogens is 3. The van der Waals surface area contributed by atoms with Crippen molar-refractivity contribution in [3.05, 3.63) is 33.8 Å². The van der Waals surface area contributed by atoms with E-state index in [0.29, 0.717) is 0 Å². The van der Waals surface area contributed by atoms with Crippen LogP contribution in [0.2, 0.25) is 0 Å². The van der Waals surface area contributed by atoms with Crippen molar-refractivity contribution in [3.8, 4) is 0 Å². The molecule has 6 heteroatoms. The van der Waals surface area contributed by atoms with Crippen LogP contribution in [0.15, 0.2) is 17.6 Å². The summed E-state index contributed by atoms with van der Waals surface area (Å²) in [5.41, 5.74) is 2.48. The van der Waals surface area contributed by atoms with Crippen molar-refractivity contribution >= 4 is 32.8 Å². The van der Waals surface area contributed by atoms with Crippen LogP contribution >= 0.6 is 22.7 Å². The Kier molecular flexibility index (Phi) is 2.22. The Morgan fingerprint density at radius 1 is 1.39 bits per heavy atom. The smallest absolute Gasteiger partial charge is 0.214 e. The lowest BCUT2D eigenvalue weighted by Crippen LogP contribution is -2.29. The van der Waals surface area contributed by atoms with Crippen molar-refractivity contribution in [3.63, 3.8) is 0 Å². The Morgan fingerprint density at radius 3 is 3.22 bits per heavy atom. The fourth-order valence-electron chi connectivity index (χ4n) is 2.34. The predicted molar refractivity (Wildman–Crippen MR) is 74.7 cm³/mol. The molecule has 3 aromatic rings. The third-order valence-corrected chi connectivity index (χ3v) is 5.24. The first kappa shape index (κ1) is 10.5. The fraction of sp³-hybridized carbons (Fsp3) is 0.333. The molecule has 0 bridgehead atoms. The second kappa shape index (κ2) is 3.80. The molecule has 0 spiro atoms. The maximum Gasteiger partial charge on any atom is 0.214 e. The van der Waals surface area contributed by atoms with Crippen molar-refractivity contribution in [2.24, 2.45) is 0 Å². The number of thiophene rings is 1. The highest BCUT2D eigenvalue weighted by atomic mass is 32.1. The molecular weight excluding hydrogens is 264 g/mol. The first-order chi connectivity index (χ1) is 8.79. The van der Waals surface area contributed by atoms with Crippen molar-refractivity contribution < 1.29 is 0 Å². The van der Waals surface area contributed by atoms with Gasteiger partial charge in [0.05, 0.1) is 11.9 Å². The molecule has 0 amide bonds. The lowest BCUT2D eigenvalue weighted by molar-refractivity contribution is 0.730. The molecule has 4 heterocycles. The van der Waals surface area contributed by atoms with Gasteiger partial charge in [-0.25, -0.2) is 9.50 Å². The van der Waals surface area contributed by atoms with Crippen LogP contribution < -0.4 is 4.90 Å². The van der Waals surface area contributed by atoms with E-state index in [9.17, 15) is 0 Å². The van der Waals surface area contributed by atoms with Crippen molar-refractivity contribution in [1.29, 1.82) is 0 Å². The first-order valence-electron chi connectivity index (χ1n) is 5.92. The number of fused-ring (bicyclic) bond motifs is 2. The standard InChI is InChI=1S/C12H12N4S2/c1-8-6-16-11(13-8)18-12(14-16)15-4-2-10-9(7-15)3-5-17-10/h3,5-6H,2,4,7H2,1H3. The zero-order valence-corrected chi connectivity index (χ0v) is 11.6. The van der Waals surface area contributed by atoms with Crippen LogP contribution in [0.3, 0.4) is 0 Å². The quantitative estimate of drug-likeness (QED) is 0.685. The van der Waals surface area contributed by atoms with Crippen molar-refractivity contribution in [2.75, 3.05) is 11.4 Å². The van der Waals surface area contributed by atoms with Gasteiger partial charge in [-0.15, -0.1) is 16.4 Å². The van der Waals surface area contributed by atoms with Gasteiger partial charge in [0.2, 0.25) is 10.1 Å². The van der Waals surface area contributed by atoms with Crippen LogP contribution in [-0.4, -0.2) is 21.1 Å². The van der Waals surface area contributed by atoms with Gasteiger partial charge in [0.25, 0.3) is 0 Å². The Bertz CT molecular complexity index is 677. The number of imidazole rings is 1. The average molecular weight is 276 g/mol. The normalized spacial score (nSPS) is 15.3. The van der Waals surface area contributed by atoms with E-state index in [2.05, 4.69) is 26.4 Å². The molecule has 92 valence electrons. The Hall–Kier alpha value is -1.40. The highest BCUT2D eigenvalue weighted by Crippen LogP contribution is 2.30. The van der Waals surface area contributed by atoms with E-state index in [1.807, 2.05) is 29.0 Å². The number of hydrogen-bond donors (Lipinski definition) is 0. The summed E-state index contributed by atoms with van der Waals surface area (Å²) in [4.78, 5) is 9.32. The van der Waals surface area contributed by atoms with Crippen LogP contribution in [-0.2, 0) is 13.0 Å². The molecule has 4 nitrogen and oxygen atoms in total. The van der Waals surface area contributed by atoms with Crippen molar-refractivity contribution in [1.82, 2.24) is 14.6 Å². The van der Waals surface area contributed by atoms with Gasteiger partial charge in [0.1, 0.15) is 0 Å². The zero-order valence-electron chi connectivity index (χ0n) is 9.96. The van der Waals surface area contributed by atoms with E-state index in [0.717, 1.165) is 35.3 Å². The van der Waals surface area contributed by atoms with E-state index < -0.39 is 0 Å². The van der Waals surface area contributed by atoms with Crippen LogP contribution in [0, 0.1) is 6.92 Å². The van der Waals surface area contributed by atoms with Gasteiger partial charge in [-0.05, 0) is 30.4 Å². The van der Waals surface area contributed by atoms with Gasteiger partial charge in [-0.3, -0.25) is 0 Å². The summed E-state index contributed by atoms with van der Waals surface area (Å²) in [6, 6.07) is 2.23. The van der Waals surface area contributed by atoms with Gasteiger partial charge in [-0.2, -0.15) is 0 Å². The monoisotopic (exact) mass is 276 g/mol. The molecule has 4 rings (SSSR count). The summed E-state index contributed by atoms with van der Waals surface area (Å²) >= 11 is 3.54. The molecule has 0 unspecified atom stereocenters. The second-order valence-corrected chi connectivity index (χ2v) is 6.47. The molecule has 0 aliphatic carbocycles. The topological polar surface area (TPSA) is 33.4 Å². The molecule has 0 N–H and O–H groups in total.